The number of aromatic nitrogens is 5. The fourth-order valence-electron chi connectivity index (χ4n) is 5.81. The Kier molecular flexibility index (Phi) is 9.84. The van der Waals surface area contributed by atoms with Gasteiger partial charge in [0.1, 0.15) is 19.2 Å². The zero-order valence-electron chi connectivity index (χ0n) is 25.3. The van der Waals surface area contributed by atoms with Gasteiger partial charge in [-0.05, 0) is 30.2 Å². The normalized spacial score (nSPS) is 14.2. The van der Waals surface area contributed by atoms with Crippen LogP contribution in [0.5, 0.6) is 0 Å². The molecule has 4 heterocycles. The Balaban J connectivity index is 1.24. The Morgan fingerprint density at radius 1 is 1.15 bits per heavy atom. The molecule has 3 aromatic heterocycles. The first kappa shape index (κ1) is 32.4. The van der Waals surface area contributed by atoms with Crippen LogP contribution in [0.4, 0.5) is 24.7 Å². The molecule has 0 unspecified atom stereocenters. The molecule has 12 nitrogen and oxygen atoms in total. The number of anilines is 2. The molecule has 240 valence electrons. The van der Waals surface area contributed by atoms with Crippen molar-refractivity contribution in [1.29, 1.82) is 10.5 Å². The molecule has 1 aromatic carbocycles. The van der Waals surface area contributed by atoms with E-state index in [9.17, 15) is 18.0 Å². The van der Waals surface area contributed by atoms with Crippen LogP contribution in [-0.2, 0) is 23.9 Å². The highest BCUT2D eigenvalue weighted by Crippen LogP contribution is 2.37. The van der Waals surface area contributed by atoms with Crippen LogP contribution < -0.4 is 10.6 Å². The maximum absolute atomic E-state index is 13.8. The molecule has 0 saturated carbocycles. The number of likely N-dealkylation sites (tertiary alicyclic amines) is 1. The highest BCUT2D eigenvalue weighted by atomic mass is 19.4. The average Bonchev–Trinajstić information content (AvgIpc) is 3.78. The van der Waals surface area contributed by atoms with Gasteiger partial charge in [-0.15, -0.1) is 0 Å². The molecule has 1 aliphatic rings. The molecule has 0 aliphatic carbocycles. The van der Waals surface area contributed by atoms with E-state index in [4.69, 9.17) is 15.3 Å². The molecule has 1 amide bonds. The van der Waals surface area contributed by atoms with Crippen LogP contribution in [0.15, 0.2) is 43.0 Å². The molecule has 0 radical (unpaired) electrons. The summed E-state index contributed by atoms with van der Waals surface area (Å²) in [6, 6.07) is 9.34. The largest absolute Gasteiger partial charge is 0.435 e. The number of nitriles is 2. The van der Waals surface area contributed by atoms with E-state index in [-0.39, 0.29) is 29.4 Å². The molecule has 0 spiro atoms. The smallest absolute Gasteiger partial charge is 0.374 e. The highest BCUT2D eigenvalue weighted by Gasteiger charge is 2.38. The lowest BCUT2D eigenvalue weighted by molar-refractivity contribution is -0.910. The van der Waals surface area contributed by atoms with Crippen LogP contribution in [0.2, 0.25) is 0 Å². The summed E-state index contributed by atoms with van der Waals surface area (Å²) in [5.74, 6) is 0.0750. The van der Waals surface area contributed by atoms with Crippen molar-refractivity contribution in [2.75, 3.05) is 51.3 Å². The lowest BCUT2D eigenvalue weighted by Crippen LogP contribution is -2.47. The lowest BCUT2D eigenvalue weighted by atomic mass is 10.0. The first-order valence-electron chi connectivity index (χ1n) is 15.0. The van der Waals surface area contributed by atoms with Gasteiger partial charge in [0.2, 0.25) is 0 Å². The number of alkyl halides is 3. The predicted molar refractivity (Wildman–Crippen MR) is 162 cm³/mol. The SMILES string of the molecule is CCc1cc(Nc2nccn3c(-c4cn(CC#N)nc4C(F)(F)F)cnc23)ccc1C(=O)NCCOCC[N+]1(CC#N)CCCC1. The minimum absolute atomic E-state index is 0.140. The van der Waals surface area contributed by atoms with E-state index in [2.05, 4.69) is 31.8 Å². The molecule has 2 N–H and O–H groups in total. The zero-order chi connectivity index (χ0) is 32.7. The number of fused-ring (bicyclic) bond motifs is 1. The van der Waals surface area contributed by atoms with E-state index in [0.717, 1.165) is 47.2 Å². The second-order valence-corrected chi connectivity index (χ2v) is 11.1. The molecule has 1 fully saturated rings. The number of carbonyl (C=O) groups is 1. The molecule has 1 saturated heterocycles. The Morgan fingerprint density at radius 3 is 2.67 bits per heavy atom. The summed E-state index contributed by atoms with van der Waals surface area (Å²) in [5, 5.41) is 27.7. The van der Waals surface area contributed by atoms with Crippen LogP contribution >= 0.6 is 0 Å². The molecule has 0 atom stereocenters. The number of carbonyl (C=O) groups excluding carboxylic acids is 1. The van der Waals surface area contributed by atoms with Gasteiger partial charge in [0.25, 0.3) is 5.91 Å². The average molecular weight is 636 g/mol. The summed E-state index contributed by atoms with van der Waals surface area (Å²) in [6.45, 7) is 6.15. The number of quaternary nitrogens is 1. The van der Waals surface area contributed by atoms with Crippen LogP contribution in [-0.4, -0.2) is 80.5 Å². The fraction of sp³-hybridized carbons (Fsp3) is 0.419. The van der Waals surface area contributed by atoms with E-state index in [1.165, 1.54) is 29.2 Å². The number of halogens is 3. The van der Waals surface area contributed by atoms with Crippen LogP contribution in [0.3, 0.4) is 0 Å². The zero-order valence-corrected chi connectivity index (χ0v) is 25.3. The highest BCUT2D eigenvalue weighted by molar-refractivity contribution is 5.96. The summed E-state index contributed by atoms with van der Waals surface area (Å²) < 4.78 is 50.3. The minimum Gasteiger partial charge on any atom is -0.374 e. The molecule has 15 heteroatoms. The molecule has 46 heavy (non-hydrogen) atoms. The van der Waals surface area contributed by atoms with E-state index in [1.807, 2.05) is 13.0 Å². The van der Waals surface area contributed by atoms with Crippen molar-refractivity contribution in [3.63, 3.8) is 0 Å². The number of nitrogens with one attached hydrogen (secondary N) is 2. The summed E-state index contributed by atoms with van der Waals surface area (Å²) in [5.41, 5.74) is 1.03. The van der Waals surface area contributed by atoms with Crippen LogP contribution in [0, 0.1) is 22.7 Å². The van der Waals surface area contributed by atoms with E-state index < -0.39 is 11.9 Å². The Bertz CT molecular complexity index is 1780. The number of hydrogen-bond acceptors (Lipinski definition) is 8. The molecule has 5 rings (SSSR count). The topological polar surface area (TPSA) is 146 Å². The van der Waals surface area contributed by atoms with Gasteiger partial charge in [0, 0.05) is 49.2 Å². The summed E-state index contributed by atoms with van der Waals surface area (Å²) in [4.78, 5) is 21.6. The van der Waals surface area contributed by atoms with E-state index >= 15 is 0 Å². The standard InChI is InChI=1S/C31H33F3N10O2/c1-2-22-19-23(5-6-24(22)30(45)38-10-17-46-18-16-44(15-8-36)13-3-4-14-44)40-28-29-39-20-26(43(29)12-9-37-28)25-21-42(11-7-35)41-27(25)31(32,33)34/h5-6,9,12,19-21H,2-4,10-11,13-18H2,1H3,(H-,37,38,40,45)/p+1. The van der Waals surface area contributed by atoms with Crippen molar-refractivity contribution in [3.05, 3.63) is 59.8 Å². The number of benzene rings is 1. The van der Waals surface area contributed by atoms with Crippen molar-refractivity contribution < 1.29 is 27.2 Å². The number of nitrogens with zero attached hydrogens (tertiary/aromatic N) is 8. The summed E-state index contributed by atoms with van der Waals surface area (Å²) >= 11 is 0. The molecular formula is C31H34F3N10O2+. The van der Waals surface area contributed by atoms with Crippen molar-refractivity contribution in [2.45, 2.75) is 38.9 Å². The Hall–Kier alpha value is -4.99. The Labute approximate surface area is 263 Å². The van der Waals surface area contributed by atoms with E-state index in [1.54, 1.807) is 18.2 Å². The van der Waals surface area contributed by atoms with Gasteiger partial charge in [0.15, 0.2) is 23.7 Å². The number of amides is 1. The molecule has 4 aromatic rings. The van der Waals surface area contributed by atoms with Gasteiger partial charge in [-0.3, -0.25) is 13.9 Å². The lowest BCUT2D eigenvalue weighted by Gasteiger charge is -2.31. The van der Waals surface area contributed by atoms with Gasteiger partial charge in [-0.2, -0.15) is 28.8 Å². The number of imidazole rings is 1. The van der Waals surface area contributed by atoms with Crippen molar-refractivity contribution in [1.82, 2.24) is 29.5 Å². The maximum Gasteiger partial charge on any atom is 0.435 e. The quantitative estimate of drug-likeness (QED) is 0.126. The second kappa shape index (κ2) is 14.0. The van der Waals surface area contributed by atoms with Gasteiger partial charge in [-0.1, -0.05) is 6.92 Å². The second-order valence-electron chi connectivity index (χ2n) is 11.1. The Morgan fingerprint density at radius 2 is 1.96 bits per heavy atom. The first-order chi connectivity index (χ1) is 22.2. The fourth-order valence-corrected chi connectivity index (χ4v) is 5.81. The number of hydrogen-bond donors (Lipinski definition) is 2. The van der Waals surface area contributed by atoms with Gasteiger partial charge < -0.3 is 19.9 Å². The molecular weight excluding hydrogens is 601 g/mol. The van der Waals surface area contributed by atoms with Gasteiger partial charge >= 0.3 is 6.18 Å². The summed E-state index contributed by atoms with van der Waals surface area (Å²) in [7, 11) is 0. The van der Waals surface area contributed by atoms with Crippen molar-refractivity contribution in [2.24, 2.45) is 0 Å². The maximum atomic E-state index is 13.8. The number of aryl methyl sites for hydroxylation is 1. The number of ether oxygens (including phenoxy) is 1. The monoisotopic (exact) mass is 635 g/mol. The van der Waals surface area contributed by atoms with Crippen LogP contribution in [0.1, 0.15) is 41.4 Å². The number of rotatable bonds is 13. The third-order valence-corrected chi connectivity index (χ3v) is 8.12. The third-order valence-electron chi connectivity index (χ3n) is 8.12. The third kappa shape index (κ3) is 7.11. The molecule has 1 aliphatic heterocycles. The van der Waals surface area contributed by atoms with Gasteiger partial charge in [0.05, 0.1) is 49.8 Å². The first-order valence-corrected chi connectivity index (χ1v) is 15.0. The van der Waals surface area contributed by atoms with Crippen molar-refractivity contribution in [3.8, 4) is 23.4 Å². The van der Waals surface area contributed by atoms with Crippen LogP contribution in [0.25, 0.3) is 16.9 Å². The van der Waals surface area contributed by atoms with Gasteiger partial charge in [-0.25, -0.2) is 9.97 Å². The summed E-state index contributed by atoms with van der Waals surface area (Å²) in [6.07, 6.45) is 3.52. The van der Waals surface area contributed by atoms with E-state index in [0.29, 0.717) is 49.8 Å². The minimum atomic E-state index is -4.73. The van der Waals surface area contributed by atoms with Crippen molar-refractivity contribution >= 4 is 23.1 Å². The molecule has 0 bridgehead atoms. The predicted octanol–water partition coefficient (Wildman–Crippen LogP) is 4.32.